The molecule has 65 heavy (non-hydrogen) atoms. The third-order valence-corrected chi connectivity index (χ3v) is 9.55. The minimum Gasteiger partial charge on any atom is -0.496 e. The van der Waals surface area contributed by atoms with Crippen LogP contribution in [0.4, 0.5) is 10.5 Å². The Hall–Kier alpha value is -6.82. The van der Waals surface area contributed by atoms with Crippen LogP contribution in [0, 0.1) is 17.8 Å². The third-order valence-electron chi connectivity index (χ3n) is 9.55. The van der Waals surface area contributed by atoms with Gasteiger partial charge in [-0.3, -0.25) is 14.4 Å². The molecule has 350 valence electrons. The Labute approximate surface area is 379 Å². The van der Waals surface area contributed by atoms with Gasteiger partial charge in [0.1, 0.15) is 42.3 Å². The van der Waals surface area contributed by atoms with E-state index in [1.807, 2.05) is 0 Å². The lowest BCUT2D eigenvalue weighted by molar-refractivity contribution is -0.169. The number of nitrogens with two attached hydrogens (primary N) is 1. The number of nitrogens with one attached hydrogen (secondary N) is 3. The predicted molar refractivity (Wildman–Crippen MR) is 242 cm³/mol. The Balaban J connectivity index is 1.49. The number of alkyl carbamates (subject to hydrolysis) is 1. The van der Waals surface area contributed by atoms with Crippen molar-refractivity contribution in [3.8, 4) is 16.9 Å². The van der Waals surface area contributed by atoms with E-state index >= 15 is 0 Å². The fourth-order valence-corrected chi connectivity index (χ4v) is 5.90. The van der Waals surface area contributed by atoms with Crippen LogP contribution in [0.3, 0.4) is 0 Å². The number of amides is 3. The van der Waals surface area contributed by atoms with Gasteiger partial charge in [-0.2, -0.15) is 0 Å². The van der Waals surface area contributed by atoms with Crippen molar-refractivity contribution in [3.63, 3.8) is 0 Å². The van der Waals surface area contributed by atoms with Crippen LogP contribution in [0.15, 0.2) is 60.1 Å². The molecule has 1 aliphatic rings. The first-order valence-corrected chi connectivity index (χ1v) is 21.2. The van der Waals surface area contributed by atoms with E-state index in [0.717, 1.165) is 12.8 Å². The Bertz CT molecular complexity index is 2250. The van der Waals surface area contributed by atoms with Gasteiger partial charge < -0.3 is 50.1 Å². The molecule has 18 heteroatoms. The molecule has 1 heterocycles. The molecule has 1 unspecified atom stereocenters. The van der Waals surface area contributed by atoms with E-state index < -0.39 is 59.7 Å². The van der Waals surface area contributed by atoms with E-state index in [2.05, 4.69) is 32.5 Å². The molecule has 1 fully saturated rings. The lowest BCUT2D eigenvalue weighted by Gasteiger charge is -2.24. The summed E-state index contributed by atoms with van der Waals surface area (Å²) in [6, 6.07) is 11.6. The number of pyridine rings is 1. The van der Waals surface area contributed by atoms with Gasteiger partial charge in [0.15, 0.2) is 5.69 Å². The lowest BCUT2D eigenvalue weighted by Crippen LogP contribution is -2.47. The number of hydrogen-bond donors (Lipinski definition) is 4. The Morgan fingerprint density at radius 1 is 0.908 bits per heavy atom. The number of aromatic nitrogens is 1. The zero-order valence-corrected chi connectivity index (χ0v) is 38.4. The van der Waals surface area contributed by atoms with E-state index in [-0.39, 0.29) is 59.8 Å². The summed E-state index contributed by atoms with van der Waals surface area (Å²) in [7, 11) is 1.44. The maximum atomic E-state index is 14.1. The van der Waals surface area contributed by atoms with Gasteiger partial charge in [0.05, 0.1) is 19.6 Å². The lowest BCUT2D eigenvalue weighted by atomic mass is 9.94. The normalized spacial score (nSPS) is 13.6. The molecule has 3 amide bonds. The molecule has 4 rings (SSSR count). The molecular formula is C47H60N6O12. The molecule has 0 bridgehead atoms. The number of methoxy groups -OCH3 is 1. The standard InChI is InChI=1S/C47H60N6O12/c1-11-30-22-35(34(23-37(30)60-10)33-18-19-36(42(55)49-24-29-12-13-29)52-39(33)45(58)64-28(6)63-43(56)27(4)5)41(54)51-32-16-14-31(15-17-32)40(48)50-25-61-20-21-62-44(57)38(26(2)3)53-46(59)65-47(7,8)9/h11,14-19,22-23,26-29,38H,1,12-13,20-21,24-25H2,2-10H3,(H2,48,50)(H,49,55)(H,51,54)(H,53,59)/t28?,38-/m0/s1. The number of nitrogens with zero attached hydrogens (tertiary/aromatic N) is 2. The van der Waals surface area contributed by atoms with Crippen LogP contribution in [0.5, 0.6) is 5.75 Å². The molecule has 0 radical (unpaired) electrons. The number of esters is 3. The number of carbonyl (C=O) groups excluding carboxylic acids is 6. The molecule has 2 atom stereocenters. The van der Waals surface area contributed by atoms with Crippen LogP contribution in [0.2, 0.25) is 0 Å². The molecule has 18 nitrogen and oxygen atoms in total. The Morgan fingerprint density at radius 2 is 1.60 bits per heavy atom. The number of carbonyl (C=O) groups is 6. The minimum absolute atomic E-state index is 0.0110. The van der Waals surface area contributed by atoms with Crippen molar-refractivity contribution in [2.45, 2.75) is 86.2 Å². The smallest absolute Gasteiger partial charge is 0.408 e. The predicted octanol–water partition coefficient (Wildman–Crippen LogP) is 6.27. The molecule has 0 aliphatic heterocycles. The molecule has 3 aromatic rings. The monoisotopic (exact) mass is 900 g/mol. The number of rotatable bonds is 21. The van der Waals surface area contributed by atoms with Crippen LogP contribution >= 0.6 is 0 Å². The highest BCUT2D eigenvalue weighted by Crippen LogP contribution is 2.35. The highest BCUT2D eigenvalue weighted by atomic mass is 16.7. The summed E-state index contributed by atoms with van der Waals surface area (Å²) in [5.41, 5.74) is 6.91. The second-order valence-corrected chi connectivity index (χ2v) is 16.8. The van der Waals surface area contributed by atoms with Crippen molar-refractivity contribution >= 4 is 53.4 Å². The molecule has 0 spiro atoms. The first-order chi connectivity index (χ1) is 30.7. The SMILES string of the molecule is C=Cc1cc(C(=O)Nc2ccc(/C(N)=N/COCCOC(=O)[C@@H](NC(=O)OC(C)(C)C)C(C)C)cc2)c(-c2ccc(C(=O)NCC3CC3)nc2C(=O)OC(C)OC(=O)C(C)C)cc1OC. The van der Waals surface area contributed by atoms with Crippen LogP contribution in [0.25, 0.3) is 17.2 Å². The zero-order chi connectivity index (χ0) is 48.0. The second-order valence-electron chi connectivity index (χ2n) is 16.8. The van der Waals surface area contributed by atoms with E-state index in [1.165, 1.54) is 32.2 Å². The van der Waals surface area contributed by atoms with E-state index in [0.29, 0.717) is 35.0 Å². The van der Waals surface area contributed by atoms with Gasteiger partial charge in [-0.15, -0.1) is 0 Å². The van der Waals surface area contributed by atoms with E-state index in [9.17, 15) is 28.8 Å². The summed E-state index contributed by atoms with van der Waals surface area (Å²) in [6.45, 7) is 17.4. The van der Waals surface area contributed by atoms with E-state index in [1.54, 1.807) is 84.9 Å². The van der Waals surface area contributed by atoms with Gasteiger partial charge in [-0.25, -0.2) is 24.4 Å². The average molecular weight is 901 g/mol. The van der Waals surface area contributed by atoms with Crippen molar-refractivity contribution in [2.75, 3.05) is 38.9 Å². The van der Waals surface area contributed by atoms with Crippen molar-refractivity contribution in [1.82, 2.24) is 15.6 Å². The molecular weight excluding hydrogens is 841 g/mol. The molecule has 1 aliphatic carbocycles. The van der Waals surface area contributed by atoms with Crippen LogP contribution in [0.1, 0.15) is 111 Å². The summed E-state index contributed by atoms with van der Waals surface area (Å²) in [5, 5.41) is 8.24. The number of anilines is 1. The maximum Gasteiger partial charge on any atom is 0.408 e. The third kappa shape index (κ3) is 15.4. The summed E-state index contributed by atoms with van der Waals surface area (Å²) < 4.78 is 32.4. The quantitative estimate of drug-likeness (QED) is 0.0230. The van der Waals surface area contributed by atoms with Gasteiger partial charge in [0.25, 0.3) is 11.8 Å². The van der Waals surface area contributed by atoms with E-state index in [4.69, 9.17) is 34.2 Å². The average Bonchev–Trinajstić information content (AvgIpc) is 4.09. The largest absolute Gasteiger partial charge is 0.496 e. The molecule has 2 aromatic carbocycles. The van der Waals surface area contributed by atoms with Crippen molar-refractivity contribution in [3.05, 3.63) is 83.2 Å². The summed E-state index contributed by atoms with van der Waals surface area (Å²) in [5.74, 6) is -3.20. The number of amidine groups is 1. The van der Waals surface area contributed by atoms with Gasteiger partial charge in [-0.05, 0) is 94.0 Å². The fourth-order valence-electron chi connectivity index (χ4n) is 5.90. The second kappa shape index (κ2) is 23.2. The van der Waals surface area contributed by atoms with Gasteiger partial charge in [-0.1, -0.05) is 40.3 Å². The summed E-state index contributed by atoms with van der Waals surface area (Å²) >= 11 is 0. The van der Waals surface area contributed by atoms with Gasteiger partial charge >= 0.3 is 24.0 Å². The number of ether oxygens (including phenoxy) is 6. The Kier molecular flexibility index (Phi) is 18.1. The van der Waals surface area contributed by atoms with Gasteiger partial charge in [0, 0.05) is 47.0 Å². The molecule has 1 aromatic heterocycles. The Morgan fingerprint density at radius 3 is 2.20 bits per heavy atom. The van der Waals surface area contributed by atoms with Crippen molar-refractivity contribution < 1.29 is 57.2 Å². The number of benzene rings is 2. The highest BCUT2D eigenvalue weighted by molar-refractivity contribution is 6.11. The number of aliphatic imine (C=N–C) groups is 1. The zero-order valence-electron chi connectivity index (χ0n) is 38.4. The number of hydrogen-bond acceptors (Lipinski definition) is 14. The topological polar surface area (TPSA) is 245 Å². The van der Waals surface area contributed by atoms with Crippen molar-refractivity contribution in [1.29, 1.82) is 0 Å². The van der Waals surface area contributed by atoms with Crippen molar-refractivity contribution in [2.24, 2.45) is 28.5 Å². The van der Waals surface area contributed by atoms with Crippen LogP contribution < -0.4 is 26.4 Å². The fraction of sp³-hybridized carbons (Fsp3) is 0.447. The summed E-state index contributed by atoms with van der Waals surface area (Å²) in [6.07, 6.45) is 1.50. The maximum absolute atomic E-state index is 14.1. The minimum atomic E-state index is -1.30. The molecule has 5 N–H and O–H groups in total. The van der Waals surface area contributed by atoms with Gasteiger partial charge in [0.2, 0.25) is 6.29 Å². The van der Waals surface area contributed by atoms with Crippen LogP contribution in [-0.2, 0) is 33.3 Å². The first kappa shape index (κ1) is 50.8. The molecule has 0 saturated heterocycles. The first-order valence-electron chi connectivity index (χ1n) is 21.2. The van der Waals surface area contributed by atoms with Crippen LogP contribution in [-0.4, -0.2) is 98.2 Å². The highest BCUT2D eigenvalue weighted by Gasteiger charge is 2.30. The summed E-state index contributed by atoms with van der Waals surface area (Å²) in [4.78, 5) is 86.8. The molecule has 1 saturated carbocycles.